The molecule has 0 N–H and O–H groups in total. The molecular weight excluding hydrogens is 396 g/mol. The van der Waals surface area contributed by atoms with Crippen LogP contribution >= 0.6 is 0 Å². The van der Waals surface area contributed by atoms with Crippen molar-refractivity contribution in [2.24, 2.45) is 0 Å². The first-order valence-electron chi connectivity index (χ1n) is 10.5. The molecule has 2 aliphatic rings. The van der Waals surface area contributed by atoms with Crippen LogP contribution in [-0.4, -0.2) is 67.0 Å². The van der Waals surface area contributed by atoms with Crippen LogP contribution in [-0.2, 0) is 16.0 Å². The van der Waals surface area contributed by atoms with Gasteiger partial charge in [0.05, 0.1) is 30.4 Å². The van der Waals surface area contributed by atoms with Crippen molar-refractivity contribution in [2.75, 3.05) is 33.4 Å². The SMILES string of the molecule is COCCN(Cc1ccccc1)C(=O)c1ccc2c(c1)C(=O)N(CC1CCCO1)C2=O. The first-order valence-corrected chi connectivity index (χ1v) is 10.5. The first kappa shape index (κ1) is 21.2. The average Bonchev–Trinajstić information content (AvgIpc) is 3.39. The van der Waals surface area contributed by atoms with Gasteiger partial charge in [0.2, 0.25) is 0 Å². The molecule has 1 atom stereocenters. The van der Waals surface area contributed by atoms with E-state index in [0.29, 0.717) is 37.4 Å². The van der Waals surface area contributed by atoms with Crippen LogP contribution in [0.4, 0.5) is 0 Å². The molecule has 2 aromatic rings. The van der Waals surface area contributed by atoms with Gasteiger partial charge in [-0.05, 0) is 36.6 Å². The highest BCUT2D eigenvalue weighted by atomic mass is 16.5. The van der Waals surface area contributed by atoms with Crippen molar-refractivity contribution in [1.29, 1.82) is 0 Å². The molecule has 1 saturated heterocycles. The average molecular weight is 422 g/mol. The van der Waals surface area contributed by atoms with Gasteiger partial charge in [0.25, 0.3) is 17.7 Å². The van der Waals surface area contributed by atoms with E-state index in [9.17, 15) is 14.4 Å². The molecule has 0 spiro atoms. The summed E-state index contributed by atoms with van der Waals surface area (Å²) in [6.07, 6.45) is 1.66. The third-order valence-electron chi connectivity index (χ3n) is 5.70. The summed E-state index contributed by atoms with van der Waals surface area (Å²) < 4.78 is 10.7. The number of benzene rings is 2. The summed E-state index contributed by atoms with van der Waals surface area (Å²) in [5.41, 5.74) is 2.00. The van der Waals surface area contributed by atoms with Crippen molar-refractivity contribution in [1.82, 2.24) is 9.80 Å². The normalized spacial score (nSPS) is 17.8. The Morgan fingerprint density at radius 3 is 2.61 bits per heavy atom. The predicted octanol–water partition coefficient (Wildman–Crippen LogP) is 2.75. The topological polar surface area (TPSA) is 76.2 Å². The summed E-state index contributed by atoms with van der Waals surface area (Å²) >= 11 is 0. The van der Waals surface area contributed by atoms with Gasteiger partial charge < -0.3 is 14.4 Å². The zero-order chi connectivity index (χ0) is 21.8. The van der Waals surface area contributed by atoms with Crippen LogP contribution in [0.1, 0.15) is 49.5 Å². The third-order valence-corrected chi connectivity index (χ3v) is 5.70. The highest BCUT2D eigenvalue weighted by molar-refractivity contribution is 6.22. The minimum atomic E-state index is -0.364. The lowest BCUT2D eigenvalue weighted by Crippen LogP contribution is -2.36. The highest BCUT2D eigenvalue weighted by Gasteiger charge is 2.38. The lowest BCUT2D eigenvalue weighted by molar-refractivity contribution is 0.0475. The Morgan fingerprint density at radius 1 is 1.13 bits per heavy atom. The molecule has 0 radical (unpaired) electrons. The number of imide groups is 1. The summed E-state index contributed by atoms with van der Waals surface area (Å²) in [7, 11) is 1.59. The second-order valence-electron chi connectivity index (χ2n) is 7.82. The Morgan fingerprint density at radius 2 is 1.90 bits per heavy atom. The van der Waals surface area contributed by atoms with Crippen LogP contribution in [0.3, 0.4) is 0 Å². The lowest BCUT2D eigenvalue weighted by atomic mass is 10.0. The number of carbonyl (C=O) groups excluding carboxylic acids is 3. The monoisotopic (exact) mass is 422 g/mol. The van der Waals surface area contributed by atoms with Gasteiger partial charge in [-0.25, -0.2) is 0 Å². The van der Waals surface area contributed by atoms with Gasteiger partial charge in [-0.1, -0.05) is 30.3 Å². The largest absolute Gasteiger partial charge is 0.383 e. The number of carbonyl (C=O) groups is 3. The van der Waals surface area contributed by atoms with E-state index in [4.69, 9.17) is 9.47 Å². The number of amides is 3. The fourth-order valence-electron chi connectivity index (χ4n) is 4.02. The minimum absolute atomic E-state index is 0.112. The summed E-state index contributed by atoms with van der Waals surface area (Å²) in [5, 5.41) is 0. The summed E-state index contributed by atoms with van der Waals surface area (Å²) in [5.74, 6) is -0.895. The Kier molecular flexibility index (Phi) is 6.44. The van der Waals surface area contributed by atoms with Crippen molar-refractivity contribution >= 4 is 17.7 Å². The van der Waals surface area contributed by atoms with Crippen LogP contribution < -0.4 is 0 Å². The fraction of sp³-hybridized carbons (Fsp3) is 0.375. The van der Waals surface area contributed by atoms with E-state index in [1.54, 1.807) is 24.1 Å². The minimum Gasteiger partial charge on any atom is -0.383 e. The molecule has 7 heteroatoms. The van der Waals surface area contributed by atoms with Crippen molar-refractivity contribution in [2.45, 2.75) is 25.5 Å². The van der Waals surface area contributed by atoms with E-state index < -0.39 is 0 Å². The number of hydrogen-bond donors (Lipinski definition) is 0. The number of rotatable bonds is 8. The Bertz CT molecular complexity index is 969. The lowest BCUT2D eigenvalue weighted by Gasteiger charge is -2.23. The maximum Gasteiger partial charge on any atom is 0.261 e. The van der Waals surface area contributed by atoms with E-state index in [2.05, 4.69) is 0 Å². The van der Waals surface area contributed by atoms with Gasteiger partial charge in [-0.2, -0.15) is 0 Å². The molecule has 31 heavy (non-hydrogen) atoms. The quantitative estimate of drug-likeness (QED) is 0.612. The Balaban J connectivity index is 1.54. The molecule has 0 saturated carbocycles. The van der Waals surface area contributed by atoms with Gasteiger partial charge in [-0.3, -0.25) is 19.3 Å². The molecule has 0 aliphatic carbocycles. The molecular formula is C24H26N2O5. The number of ether oxygens (including phenoxy) is 2. The van der Waals surface area contributed by atoms with Gasteiger partial charge in [-0.15, -0.1) is 0 Å². The molecule has 2 aliphatic heterocycles. The van der Waals surface area contributed by atoms with Crippen LogP contribution in [0.15, 0.2) is 48.5 Å². The van der Waals surface area contributed by atoms with Crippen LogP contribution in [0.2, 0.25) is 0 Å². The summed E-state index contributed by atoms with van der Waals surface area (Å²) in [6, 6.07) is 14.4. The van der Waals surface area contributed by atoms with Crippen molar-refractivity contribution < 1.29 is 23.9 Å². The van der Waals surface area contributed by atoms with Gasteiger partial charge in [0.1, 0.15) is 0 Å². The van der Waals surface area contributed by atoms with Gasteiger partial charge in [0.15, 0.2) is 0 Å². The van der Waals surface area contributed by atoms with Crippen LogP contribution in [0.5, 0.6) is 0 Å². The fourth-order valence-corrected chi connectivity index (χ4v) is 4.02. The van der Waals surface area contributed by atoms with E-state index in [1.807, 2.05) is 30.3 Å². The molecule has 1 unspecified atom stereocenters. The Hall–Kier alpha value is -3.03. The standard InChI is InChI=1S/C24H26N2O5/c1-30-13-11-25(15-17-6-3-2-4-7-17)22(27)18-9-10-20-21(14-18)24(29)26(23(20)28)16-19-8-5-12-31-19/h2-4,6-7,9-10,14,19H,5,8,11-13,15-16H2,1H3. The summed E-state index contributed by atoms with van der Waals surface area (Å²) in [4.78, 5) is 41.8. The van der Waals surface area contributed by atoms with Crippen molar-refractivity contribution in [3.63, 3.8) is 0 Å². The van der Waals surface area contributed by atoms with E-state index in [0.717, 1.165) is 18.4 Å². The Labute approximate surface area is 181 Å². The third kappa shape index (κ3) is 4.52. The molecule has 162 valence electrons. The maximum atomic E-state index is 13.2. The number of nitrogens with zero attached hydrogens (tertiary/aromatic N) is 2. The van der Waals surface area contributed by atoms with E-state index in [1.165, 1.54) is 11.0 Å². The van der Waals surface area contributed by atoms with Crippen molar-refractivity contribution in [3.05, 3.63) is 70.8 Å². The van der Waals surface area contributed by atoms with Crippen LogP contribution in [0, 0.1) is 0 Å². The molecule has 1 fully saturated rings. The number of hydrogen-bond acceptors (Lipinski definition) is 5. The molecule has 2 aromatic carbocycles. The molecule has 4 rings (SSSR count). The zero-order valence-electron chi connectivity index (χ0n) is 17.6. The maximum absolute atomic E-state index is 13.2. The molecule has 2 heterocycles. The van der Waals surface area contributed by atoms with Crippen molar-refractivity contribution in [3.8, 4) is 0 Å². The molecule has 3 amide bonds. The number of fused-ring (bicyclic) bond motifs is 1. The van der Waals surface area contributed by atoms with Gasteiger partial charge >= 0.3 is 0 Å². The second-order valence-corrected chi connectivity index (χ2v) is 7.82. The second kappa shape index (κ2) is 9.41. The zero-order valence-corrected chi connectivity index (χ0v) is 17.6. The van der Waals surface area contributed by atoms with Crippen LogP contribution in [0.25, 0.3) is 0 Å². The molecule has 0 bridgehead atoms. The highest BCUT2D eigenvalue weighted by Crippen LogP contribution is 2.26. The van der Waals surface area contributed by atoms with E-state index >= 15 is 0 Å². The van der Waals surface area contributed by atoms with Gasteiger partial charge in [0, 0.05) is 32.4 Å². The summed E-state index contributed by atoms with van der Waals surface area (Å²) in [6.45, 7) is 2.16. The van der Waals surface area contributed by atoms with E-state index in [-0.39, 0.29) is 35.9 Å². The number of methoxy groups -OCH3 is 1. The molecule has 7 nitrogen and oxygen atoms in total. The first-order chi connectivity index (χ1) is 15.1. The predicted molar refractivity (Wildman–Crippen MR) is 114 cm³/mol. The molecule has 0 aromatic heterocycles. The smallest absolute Gasteiger partial charge is 0.261 e.